The number of nitrogens with zero attached hydrogens (tertiary/aromatic N) is 1. The Morgan fingerprint density at radius 2 is 2.11 bits per heavy atom. The molecule has 5 nitrogen and oxygen atoms in total. The first kappa shape index (κ1) is 14.3. The van der Waals surface area contributed by atoms with Crippen LogP contribution in [0.2, 0.25) is 0 Å². The van der Waals surface area contributed by atoms with Crippen LogP contribution in [-0.4, -0.2) is 42.4 Å². The Labute approximate surface area is 114 Å². The molecule has 3 N–H and O–H groups in total. The largest absolute Gasteiger partial charge is 0.351 e. The van der Waals surface area contributed by atoms with E-state index in [1.807, 2.05) is 0 Å². The molecule has 2 aliphatic rings. The van der Waals surface area contributed by atoms with Crippen molar-refractivity contribution in [3.63, 3.8) is 0 Å². The maximum Gasteiger partial charge on any atom is 0.225 e. The van der Waals surface area contributed by atoms with Crippen molar-refractivity contribution in [2.75, 3.05) is 13.6 Å². The zero-order chi connectivity index (χ0) is 14.0. The summed E-state index contributed by atoms with van der Waals surface area (Å²) in [7, 11) is 1.79. The minimum atomic E-state index is -0.0725. The molecule has 1 aliphatic carbocycles. The molecule has 0 aromatic carbocycles. The Morgan fingerprint density at radius 1 is 1.37 bits per heavy atom. The lowest BCUT2D eigenvalue weighted by molar-refractivity contribution is -0.135. The zero-order valence-electron chi connectivity index (χ0n) is 11.9. The number of nitrogens with two attached hydrogens (primary N) is 1. The number of hydrogen-bond acceptors (Lipinski definition) is 3. The number of rotatable bonds is 2. The van der Waals surface area contributed by atoms with Crippen molar-refractivity contribution in [3.8, 4) is 0 Å². The summed E-state index contributed by atoms with van der Waals surface area (Å²) in [6.07, 6.45) is 4.39. The van der Waals surface area contributed by atoms with Gasteiger partial charge in [-0.15, -0.1) is 0 Å². The van der Waals surface area contributed by atoms with Crippen LogP contribution in [-0.2, 0) is 9.59 Å². The van der Waals surface area contributed by atoms with E-state index in [4.69, 9.17) is 5.73 Å². The summed E-state index contributed by atoms with van der Waals surface area (Å²) in [4.78, 5) is 25.5. The molecule has 2 fully saturated rings. The molecule has 1 aliphatic heterocycles. The molecule has 0 aromatic rings. The molecule has 1 saturated carbocycles. The Kier molecular flexibility index (Phi) is 4.45. The fourth-order valence-electron chi connectivity index (χ4n) is 3.34. The third kappa shape index (κ3) is 3.26. The number of likely N-dealkylation sites (tertiary alicyclic amines) is 1. The molecule has 5 heteroatoms. The fourth-order valence-corrected chi connectivity index (χ4v) is 3.34. The Hall–Kier alpha value is -1.10. The van der Waals surface area contributed by atoms with E-state index >= 15 is 0 Å². The summed E-state index contributed by atoms with van der Waals surface area (Å²) >= 11 is 0. The molecule has 4 unspecified atom stereocenters. The number of carbonyl (C=O) groups is 2. The second-order valence-electron chi connectivity index (χ2n) is 6.12. The van der Waals surface area contributed by atoms with Crippen LogP contribution in [0.3, 0.4) is 0 Å². The normalized spacial score (nSPS) is 36.2. The second kappa shape index (κ2) is 5.90. The molecule has 108 valence electrons. The smallest absolute Gasteiger partial charge is 0.225 e. The molecule has 4 atom stereocenters. The molecule has 0 bridgehead atoms. The van der Waals surface area contributed by atoms with Gasteiger partial charge in [0.15, 0.2) is 0 Å². The Bertz CT molecular complexity index is 349. The average molecular weight is 267 g/mol. The minimum Gasteiger partial charge on any atom is -0.351 e. The predicted molar refractivity (Wildman–Crippen MR) is 73.3 cm³/mol. The van der Waals surface area contributed by atoms with Crippen LogP contribution in [0.25, 0.3) is 0 Å². The lowest BCUT2D eigenvalue weighted by Gasteiger charge is -2.36. The predicted octanol–water partition coefficient (Wildman–Crippen LogP) is 0.487. The minimum absolute atomic E-state index is 0.0216. The average Bonchev–Trinajstić information content (AvgIpc) is 2.33. The van der Waals surface area contributed by atoms with E-state index in [0.29, 0.717) is 18.9 Å². The Balaban J connectivity index is 1.91. The molecule has 2 amide bonds. The highest BCUT2D eigenvalue weighted by Gasteiger charge is 2.35. The summed E-state index contributed by atoms with van der Waals surface area (Å²) < 4.78 is 0. The van der Waals surface area contributed by atoms with Gasteiger partial charge >= 0.3 is 0 Å². The van der Waals surface area contributed by atoms with E-state index in [1.165, 1.54) is 0 Å². The highest BCUT2D eigenvalue weighted by Crippen LogP contribution is 2.29. The van der Waals surface area contributed by atoms with Gasteiger partial charge < -0.3 is 16.0 Å². The van der Waals surface area contributed by atoms with Crippen LogP contribution in [0.1, 0.15) is 39.0 Å². The van der Waals surface area contributed by atoms with Crippen molar-refractivity contribution in [2.45, 2.75) is 51.1 Å². The van der Waals surface area contributed by atoms with E-state index in [1.54, 1.807) is 11.9 Å². The lowest BCUT2D eigenvalue weighted by atomic mass is 9.76. The number of likely N-dealkylation sites (N-methyl/N-ethyl adjacent to an activating group) is 1. The van der Waals surface area contributed by atoms with Gasteiger partial charge in [0.1, 0.15) is 0 Å². The molecular formula is C14H25N3O2. The summed E-state index contributed by atoms with van der Waals surface area (Å²) in [5.74, 6) is 0.518. The quantitative estimate of drug-likeness (QED) is 0.764. The number of nitrogens with one attached hydrogen (secondary N) is 1. The molecule has 0 radical (unpaired) electrons. The third-order valence-electron chi connectivity index (χ3n) is 4.55. The topological polar surface area (TPSA) is 75.4 Å². The van der Waals surface area contributed by atoms with E-state index < -0.39 is 0 Å². The van der Waals surface area contributed by atoms with Gasteiger partial charge in [0.2, 0.25) is 11.8 Å². The SMILES string of the molecule is CC1CCCC(N)C1C(=O)NC1CCC(=O)N(C)C1. The van der Waals surface area contributed by atoms with Crippen LogP contribution in [0, 0.1) is 11.8 Å². The highest BCUT2D eigenvalue weighted by molar-refractivity contribution is 5.81. The zero-order valence-corrected chi connectivity index (χ0v) is 11.9. The van der Waals surface area contributed by atoms with Crippen LogP contribution in [0.4, 0.5) is 0 Å². The first-order valence-electron chi connectivity index (χ1n) is 7.29. The van der Waals surface area contributed by atoms with Gasteiger partial charge in [-0.2, -0.15) is 0 Å². The highest BCUT2D eigenvalue weighted by atomic mass is 16.2. The van der Waals surface area contributed by atoms with Crippen molar-refractivity contribution < 1.29 is 9.59 Å². The molecular weight excluding hydrogens is 242 g/mol. The molecule has 19 heavy (non-hydrogen) atoms. The second-order valence-corrected chi connectivity index (χ2v) is 6.12. The van der Waals surface area contributed by atoms with Gasteiger partial charge in [-0.25, -0.2) is 0 Å². The molecule has 1 saturated heterocycles. The fraction of sp³-hybridized carbons (Fsp3) is 0.857. The van der Waals surface area contributed by atoms with Gasteiger partial charge in [-0.1, -0.05) is 13.3 Å². The van der Waals surface area contributed by atoms with Gasteiger partial charge in [0.05, 0.1) is 5.92 Å². The van der Waals surface area contributed by atoms with E-state index in [9.17, 15) is 9.59 Å². The van der Waals surface area contributed by atoms with Crippen LogP contribution in [0.15, 0.2) is 0 Å². The summed E-state index contributed by atoms with van der Waals surface area (Å²) in [6, 6.07) is 0.0585. The number of amides is 2. The number of piperidine rings is 1. The van der Waals surface area contributed by atoms with Crippen LogP contribution >= 0.6 is 0 Å². The van der Waals surface area contributed by atoms with Gasteiger partial charge in [-0.05, 0) is 25.2 Å². The van der Waals surface area contributed by atoms with Crippen molar-refractivity contribution in [3.05, 3.63) is 0 Å². The molecule has 1 heterocycles. The van der Waals surface area contributed by atoms with Gasteiger partial charge in [0.25, 0.3) is 0 Å². The van der Waals surface area contributed by atoms with E-state index in [0.717, 1.165) is 25.7 Å². The maximum atomic E-state index is 12.4. The monoisotopic (exact) mass is 267 g/mol. The van der Waals surface area contributed by atoms with Crippen molar-refractivity contribution in [2.24, 2.45) is 17.6 Å². The van der Waals surface area contributed by atoms with Crippen LogP contribution < -0.4 is 11.1 Å². The molecule has 2 rings (SSSR count). The standard InChI is InChI=1S/C14H25N3O2/c1-9-4-3-5-11(15)13(9)14(19)16-10-6-7-12(18)17(2)8-10/h9-11,13H,3-8,15H2,1-2H3,(H,16,19). The van der Waals surface area contributed by atoms with Crippen LogP contribution in [0.5, 0.6) is 0 Å². The summed E-state index contributed by atoms with van der Waals surface area (Å²) in [6.45, 7) is 2.72. The lowest BCUT2D eigenvalue weighted by Crippen LogP contribution is -2.54. The first-order chi connectivity index (χ1) is 8.99. The molecule has 0 aromatic heterocycles. The van der Waals surface area contributed by atoms with E-state index in [-0.39, 0.29) is 29.8 Å². The van der Waals surface area contributed by atoms with Crippen molar-refractivity contribution in [1.29, 1.82) is 0 Å². The van der Waals surface area contributed by atoms with Gasteiger partial charge in [-0.3, -0.25) is 9.59 Å². The molecule has 0 spiro atoms. The van der Waals surface area contributed by atoms with Crippen molar-refractivity contribution in [1.82, 2.24) is 10.2 Å². The number of carbonyl (C=O) groups excluding carboxylic acids is 2. The maximum absolute atomic E-state index is 12.4. The van der Waals surface area contributed by atoms with Gasteiger partial charge in [0, 0.05) is 32.1 Å². The van der Waals surface area contributed by atoms with E-state index in [2.05, 4.69) is 12.2 Å². The summed E-state index contributed by atoms with van der Waals surface area (Å²) in [5.41, 5.74) is 6.10. The summed E-state index contributed by atoms with van der Waals surface area (Å²) in [5, 5.41) is 3.09. The third-order valence-corrected chi connectivity index (χ3v) is 4.55. The first-order valence-corrected chi connectivity index (χ1v) is 7.29. The Morgan fingerprint density at radius 3 is 2.74 bits per heavy atom. The number of hydrogen-bond donors (Lipinski definition) is 2. The van der Waals surface area contributed by atoms with Crippen molar-refractivity contribution >= 4 is 11.8 Å².